The minimum atomic E-state index is -0.502. The lowest BCUT2D eigenvalue weighted by Crippen LogP contribution is -2.31. The van der Waals surface area contributed by atoms with Crippen LogP contribution in [0.2, 0.25) is 0 Å². The maximum absolute atomic E-state index is 13.4. The number of ether oxygens (including phenoxy) is 1. The maximum Gasteiger partial charge on any atom is 0.256 e. The molecule has 0 bridgehead atoms. The van der Waals surface area contributed by atoms with Crippen molar-refractivity contribution in [3.8, 4) is 0 Å². The molecule has 0 saturated heterocycles. The van der Waals surface area contributed by atoms with Gasteiger partial charge in [-0.25, -0.2) is 4.39 Å². The number of carbonyl (C=O) groups is 1. The van der Waals surface area contributed by atoms with E-state index < -0.39 is 17.2 Å². The van der Waals surface area contributed by atoms with E-state index in [-0.39, 0.29) is 17.1 Å². The smallest absolute Gasteiger partial charge is 0.256 e. The summed E-state index contributed by atoms with van der Waals surface area (Å²) < 4.78 is 20.4. The van der Waals surface area contributed by atoms with Crippen molar-refractivity contribution in [2.75, 3.05) is 13.2 Å². The highest BCUT2D eigenvalue weighted by Crippen LogP contribution is 2.12. The molecule has 0 unspecified atom stereocenters. The van der Waals surface area contributed by atoms with Crippen molar-refractivity contribution >= 4 is 16.8 Å². The van der Waals surface area contributed by atoms with Gasteiger partial charge in [-0.2, -0.15) is 0 Å². The van der Waals surface area contributed by atoms with Crippen molar-refractivity contribution in [1.29, 1.82) is 0 Å². The fourth-order valence-corrected chi connectivity index (χ4v) is 2.31. The molecule has 6 heteroatoms. The molecule has 0 aliphatic heterocycles. The van der Waals surface area contributed by atoms with Crippen LogP contribution < -0.4 is 10.7 Å². The topological polar surface area (TPSA) is 60.3 Å². The van der Waals surface area contributed by atoms with Crippen molar-refractivity contribution in [2.45, 2.75) is 26.4 Å². The molecule has 2 aromatic rings. The summed E-state index contributed by atoms with van der Waals surface area (Å²) >= 11 is 0. The van der Waals surface area contributed by atoms with Gasteiger partial charge in [0.25, 0.3) is 5.91 Å². The number of rotatable bonds is 6. The van der Waals surface area contributed by atoms with Gasteiger partial charge in [0.05, 0.1) is 11.6 Å². The highest BCUT2D eigenvalue weighted by atomic mass is 19.1. The molecule has 0 saturated carbocycles. The zero-order chi connectivity index (χ0) is 17.0. The zero-order valence-corrected chi connectivity index (χ0v) is 13.6. The Morgan fingerprint density at radius 1 is 1.39 bits per heavy atom. The van der Waals surface area contributed by atoms with Crippen LogP contribution in [0.3, 0.4) is 0 Å². The number of benzene rings is 1. The molecular formula is C17H21FN2O3. The summed E-state index contributed by atoms with van der Waals surface area (Å²) in [5.41, 5.74) is 0.127. The van der Waals surface area contributed by atoms with Gasteiger partial charge in [-0.15, -0.1) is 0 Å². The Bertz CT molecular complexity index is 768. The summed E-state index contributed by atoms with van der Waals surface area (Å²) in [5, 5.41) is 2.89. The van der Waals surface area contributed by atoms with Gasteiger partial charge in [0.2, 0.25) is 5.43 Å². The van der Waals surface area contributed by atoms with E-state index in [2.05, 4.69) is 5.32 Å². The third-order valence-corrected chi connectivity index (χ3v) is 3.45. The molecule has 0 radical (unpaired) electrons. The van der Waals surface area contributed by atoms with Gasteiger partial charge in [-0.1, -0.05) is 0 Å². The van der Waals surface area contributed by atoms with Crippen LogP contribution in [0.1, 0.15) is 30.6 Å². The summed E-state index contributed by atoms with van der Waals surface area (Å²) in [6.07, 6.45) is 2.28. The van der Waals surface area contributed by atoms with Crippen molar-refractivity contribution in [3.63, 3.8) is 0 Å². The number of aromatic nitrogens is 1. The molecule has 23 heavy (non-hydrogen) atoms. The average molecular weight is 320 g/mol. The van der Waals surface area contributed by atoms with Crippen LogP contribution in [0.15, 0.2) is 29.2 Å². The molecule has 0 fully saturated rings. The molecule has 5 nitrogen and oxygen atoms in total. The summed E-state index contributed by atoms with van der Waals surface area (Å²) in [4.78, 5) is 24.6. The quantitative estimate of drug-likeness (QED) is 0.830. The van der Waals surface area contributed by atoms with Gasteiger partial charge in [0.15, 0.2) is 0 Å². The molecule has 0 aliphatic carbocycles. The van der Waals surface area contributed by atoms with Crippen LogP contribution in [0.5, 0.6) is 0 Å². The van der Waals surface area contributed by atoms with Crippen LogP contribution in [-0.4, -0.2) is 29.7 Å². The lowest BCUT2D eigenvalue weighted by atomic mass is 10.1. The minimum absolute atomic E-state index is 0.00961. The van der Waals surface area contributed by atoms with Gasteiger partial charge in [-0.3, -0.25) is 9.59 Å². The molecule has 1 amide bonds. The number of nitrogens with zero attached hydrogens (tertiary/aromatic N) is 1. The molecule has 0 atom stereocenters. The maximum atomic E-state index is 13.4. The van der Waals surface area contributed by atoms with Crippen LogP contribution in [0, 0.1) is 5.82 Å². The molecule has 1 heterocycles. The first kappa shape index (κ1) is 17.1. The van der Waals surface area contributed by atoms with Crippen molar-refractivity contribution in [2.24, 2.45) is 7.05 Å². The lowest BCUT2D eigenvalue weighted by Gasteiger charge is -2.10. The first-order valence-corrected chi connectivity index (χ1v) is 7.59. The number of hydrogen-bond acceptors (Lipinski definition) is 3. The Morgan fingerprint density at radius 2 is 2.13 bits per heavy atom. The Morgan fingerprint density at radius 3 is 2.83 bits per heavy atom. The second-order valence-corrected chi connectivity index (χ2v) is 5.67. The number of fused-ring (bicyclic) bond motifs is 1. The van der Waals surface area contributed by atoms with Gasteiger partial charge in [0.1, 0.15) is 11.4 Å². The summed E-state index contributed by atoms with van der Waals surface area (Å²) in [5.74, 6) is -0.959. The molecular weight excluding hydrogens is 299 g/mol. The predicted octanol–water partition coefficient (Wildman–Crippen LogP) is 2.22. The van der Waals surface area contributed by atoms with Crippen molar-refractivity contribution < 1.29 is 13.9 Å². The number of halogens is 1. The van der Waals surface area contributed by atoms with E-state index in [9.17, 15) is 14.0 Å². The fourth-order valence-electron chi connectivity index (χ4n) is 2.31. The summed E-state index contributed by atoms with van der Waals surface area (Å²) in [7, 11) is 1.72. The summed E-state index contributed by atoms with van der Waals surface area (Å²) in [6.45, 7) is 4.84. The molecule has 1 aromatic heterocycles. The number of amides is 1. The van der Waals surface area contributed by atoms with E-state index in [1.807, 2.05) is 13.8 Å². The monoisotopic (exact) mass is 320 g/mol. The van der Waals surface area contributed by atoms with Crippen molar-refractivity contribution in [1.82, 2.24) is 9.88 Å². The lowest BCUT2D eigenvalue weighted by molar-refractivity contribution is 0.0757. The highest BCUT2D eigenvalue weighted by Gasteiger charge is 2.14. The highest BCUT2D eigenvalue weighted by molar-refractivity contribution is 5.97. The number of aryl methyl sites for hydroxylation is 1. The third-order valence-electron chi connectivity index (χ3n) is 3.45. The number of hydrogen-bond donors (Lipinski definition) is 1. The standard InChI is InChI=1S/C17H21FN2O3/c1-11(2)23-8-4-7-19-17(22)14-10-20(3)15-6-5-12(18)9-13(15)16(14)21/h5-6,9-11H,4,7-8H2,1-3H3,(H,19,22). The molecule has 0 spiro atoms. The SMILES string of the molecule is CC(C)OCCCNC(=O)c1cn(C)c2ccc(F)cc2c1=O. The van der Waals surface area contributed by atoms with E-state index in [1.54, 1.807) is 11.6 Å². The predicted molar refractivity (Wildman–Crippen MR) is 87.2 cm³/mol. The normalized spacial score (nSPS) is 11.2. The van der Waals surface area contributed by atoms with E-state index >= 15 is 0 Å². The third kappa shape index (κ3) is 4.16. The summed E-state index contributed by atoms with van der Waals surface area (Å²) in [6, 6.07) is 3.97. The van der Waals surface area contributed by atoms with Gasteiger partial charge in [0, 0.05) is 31.8 Å². The van der Waals surface area contributed by atoms with E-state index in [4.69, 9.17) is 4.74 Å². The van der Waals surface area contributed by atoms with Gasteiger partial charge >= 0.3 is 0 Å². The number of carbonyl (C=O) groups excluding carboxylic acids is 1. The second kappa shape index (κ2) is 7.37. The molecule has 1 N–H and O–H groups in total. The average Bonchev–Trinajstić information content (AvgIpc) is 2.49. The first-order chi connectivity index (χ1) is 10.9. The Kier molecular flexibility index (Phi) is 5.50. The number of nitrogens with one attached hydrogen (secondary N) is 1. The van der Waals surface area contributed by atoms with Gasteiger partial charge < -0.3 is 14.6 Å². The Hall–Kier alpha value is -2.21. The van der Waals surface area contributed by atoms with Crippen LogP contribution in [-0.2, 0) is 11.8 Å². The second-order valence-electron chi connectivity index (χ2n) is 5.67. The van der Waals surface area contributed by atoms with E-state index in [1.165, 1.54) is 18.3 Å². The Balaban J connectivity index is 2.15. The molecule has 0 aliphatic rings. The zero-order valence-electron chi connectivity index (χ0n) is 13.6. The number of pyridine rings is 1. The largest absolute Gasteiger partial charge is 0.379 e. The van der Waals surface area contributed by atoms with Crippen LogP contribution in [0.25, 0.3) is 10.9 Å². The van der Waals surface area contributed by atoms with E-state index in [0.717, 1.165) is 6.07 Å². The van der Waals surface area contributed by atoms with Gasteiger partial charge in [-0.05, 0) is 38.5 Å². The minimum Gasteiger partial charge on any atom is -0.379 e. The first-order valence-electron chi connectivity index (χ1n) is 7.59. The molecule has 1 aromatic carbocycles. The fraction of sp³-hybridized carbons (Fsp3) is 0.412. The van der Waals surface area contributed by atoms with Crippen LogP contribution >= 0.6 is 0 Å². The molecule has 2 rings (SSSR count). The van der Waals surface area contributed by atoms with Crippen LogP contribution in [0.4, 0.5) is 4.39 Å². The molecule has 124 valence electrons. The Labute approximate surface area is 134 Å². The van der Waals surface area contributed by atoms with Crippen molar-refractivity contribution in [3.05, 3.63) is 46.0 Å². The van der Waals surface area contributed by atoms with E-state index in [0.29, 0.717) is 25.1 Å².